The number of rotatable bonds is 3. The molecule has 0 aliphatic carbocycles. The molecule has 0 saturated carbocycles. The van der Waals surface area contributed by atoms with Crippen LogP contribution in [0.1, 0.15) is 11.5 Å². The summed E-state index contributed by atoms with van der Waals surface area (Å²) in [5, 5.41) is 19.7. The van der Waals surface area contributed by atoms with Crippen molar-refractivity contribution in [3.8, 4) is 33.9 Å². The number of aromatic nitrogens is 7. The van der Waals surface area contributed by atoms with E-state index in [0.717, 1.165) is 38.9 Å². The van der Waals surface area contributed by atoms with Crippen molar-refractivity contribution in [2.45, 2.75) is 13.8 Å². The van der Waals surface area contributed by atoms with Crippen molar-refractivity contribution in [2.75, 3.05) is 0 Å². The molecule has 4 aromatic heterocycles. The second-order valence-corrected chi connectivity index (χ2v) is 7.58. The molecule has 6 rings (SSSR count). The Balaban J connectivity index is 1.57. The van der Waals surface area contributed by atoms with Gasteiger partial charge in [-0.2, -0.15) is 9.61 Å². The maximum absolute atomic E-state index is 5.52. The quantitative estimate of drug-likeness (QED) is 0.411. The Morgan fingerprint density at radius 1 is 0.875 bits per heavy atom. The van der Waals surface area contributed by atoms with Gasteiger partial charge in [0.25, 0.3) is 0 Å². The minimum atomic E-state index is 0.584. The Morgan fingerprint density at radius 3 is 2.59 bits per heavy atom. The van der Waals surface area contributed by atoms with Crippen molar-refractivity contribution in [1.82, 2.24) is 34.9 Å². The average Bonchev–Trinajstić information content (AvgIpc) is 3.42. The number of aryl methyl sites for hydroxylation is 2. The third-order valence-electron chi connectivity index (χ3n) is 5.43. The molecule has 0 bridgehead atoms. The molecule has 0 atom stereocenters. The predicted molar refractivity (Wildman–Crippen MR) is 120 cm³/mol. The lowest BCUT2D eigenvalue weighted by atomic mass is 10.1. The van der Waals surface area contributed by atoms with Gasteiger partial charge >= 0.3 is 0 Å². The summed E-state index contributed by atoms with van der Waals surface area (Å²) in [5.74, 6) is 1.24. The van der Waals surface area contributed by atoms with E-state index in [9.17, 15) is 0 Å². The lowest BCUT2D eigenvalue weighted by molar-refractivity contribution is 0.400. The number of fused-ring (bicyclic) bond motifs is 3. The molecular weight excluding hydrogens is 402 g/mol. The zero-order valence-corrected chi connectivity index (χ0v) is 17.4. The van der Waals surface area contributed by atoms with Crippen molar-refractivity contribution < 1.29 is 4.52 Å². The highest BCUT2D eigenvalue weighted by Crippen LogP contribution is 2.34. The SMILES string of the molecule is Cc1cncc(-c2ccc3cnn4c(-c5c(-c6ccccc6)noc5C)nnc4c3c2)n1. The van der Waals surface area contributed by atoms with Crippen LogP contribution in [0.3, 0.4) is 0 Å². The van der Waals surface area contributed by atoms with Gasteiger partial charge in [0.15, 0.2) is 11.5 Å². The van der Waals surface area contributed by atoms with Crippen molar-refractivity contribution in [3.63, 3.8) is 0 Å². The first-order valence-corrected chi connectivity index (χ1v) is 10.1. The largest absolute Gasteiger partial charge is 0.360 e. The molecule has 0 radical (unpaired) electrons. The Kier molecular flexibility index (Phi) is 4.04. The molecule has 8 nitrogen and oxygen atoms in total. The fourth-order valence-corrected chi connectivity index (χ4v) is 3.89. The molecular formula is C24H17N7O. The summed E-state index contributed by atoms with van der Waals surface area (Å²) in [6, 6.07) is 15.9. The van der Waals surface area contributed by atoms with E-state index in [2.05, 4.69) is 30.4 Å². The molecule has 4 heterocycles. The van der Waals surface area contributed by atoms with Crippen LogP contribution in [0.15, 0.2) is 71.6 Å². The summed E-state index contributed by atoms with van der Waals surface area (Å²) in [5.41, 5.74) is 5.71. The molecule has 154 valence electrons. The topological polar surface area (TPSA) is 94.9 Å². The zero-order chi connectivity index (χ0) is 21.7. The first-order chi connectivity index (χ1) is 15.7. The first-order valence-electron chi connectivity index (χ1n) is 10.1. The minimum absolute atomic E-state index is 0.584. The molecule has 0 unspecified atom stereocenters. The predicted octanol–water partition coefficient (Wildman–Crippen LogP) is 4.67. The average molecular weight is 419 g/mol. The van der Waals surface area contributed by atoms with Gasteiger partial charge in [-0.25, -0.2) is 4.98 Å². The van der Waals surface area contributed by atoms with Crippen molar-refractivity contribution in [3.05, 3.63) is 78.6 Å². The molecule has 0 amide bonds. The number of benzene rings is 2. The van der Waals surface area contributed by atoms with Crippen LogP contribution in [-0.2, 0) is 0 Å². The third kappa shape index (κ3) is 2.84. The molecule has 0 saturated heterocycles. The van der Waals surface area contributed by atoms with Crippen LogP contribution in [0.2, 0.25) is 0 Å². The lowest BCUT2D eigenvalue weighted by Gasteiger charge is -2.05. The summed E-state index contributed by atoms with van der Waals surface area (Å²) >= 11 is 0. The van der Waals surface area contributed by atoms with Gasteiger partial charge in [-0.1, -0.05) is 47.6 Å². The summed E-state index contributed by atoms with van der Waals surface area (Å²) < 4.78 is 7.26. The van der Waals surface area contributed by atoms with Crippen LogP contribution in [0.25, 0.3) is 50.3 Å². The Bertz CT molecular complexity index is 1600. The van der Waals surface area contributed by atoms with Crippen LogP contribution < -0.4 is 0 Å². The van der Waals surface area contributed by atoms with E-state index >= 15 is 0 Å². The standard InChI is InChI=1S/C24H17N7O/c1-14-11-25-13-20(27-14)17-8-9-18-12-26-31-23(19(18)10-17)28-29-24(31)21-15(2)32-30-22(21)16-6-4-3-5-7-16/h3-13H,1-2H3. The normalized spacial score (nSPS) is 11.4. The van der Waals surface area contributed by atoms with Gasteiger partial charge in [-0.3, -0.25) is 4.98 Å². The van der Waals surface area contributed by atoms with Crippen molar-refractivity contribution in [1.29, 1.82) is 0 Å². The summed E-state index contributed by atoms with van der Waals surface area (Å²) in [7, 11) is 0. The van der Waals surface area contributed by atoms with Crippen LogP contribution in [0, 0.1) is 13.8 Å². The number of hydrogen-bond acceptors (Lipinski definition) is 7. The van der Waals surface area contributed by atoms with Gasteiger partial charge in [0.2, 0.25) is 0 Å². The molecule has 0 spiro atoms. The first kappa shape index (κ1) is 18.3. The Hall–Kier alpha value is -4.46. The molecule has 6 aromatic rings. The van der Waals surface area contributed by atoms with Gasteiger partial charge in [0, 0.05) is 28.1 Å². The number of nitrogens with zero attached hydrogens (tertiary/aromatic N) is 7. The molecule has 8 heteroatoms. The molecule has 0 aliphatic heterocycles. The van der Waals surface area contributed by atoms with Crippen LogP contribution in [0.5, 0.6) is 0 Å². The molecule has 0 N–H and O–H groups in total. The smallest absolute Gasteiger partial charge is 0.191 e. The highest BCUT2D eigenvalue weighted by Gasteiger charge is 2.22. The van der Waals surface area contributed by atoms with E-state index in [1.165, 1.54) is 0 Å². The van der Waals surface area contributed by atoms with Crippen LogP contribution in [0.4, 0.5) is 0 Å². The number of hydrogen-bond donors (Lipinski definition) is 0. The maximum Gasteiger partial charge on any atom is 0.191 e. The van der Waals surface area contributed by atoms with Crippen molar-refractivity contribution in [2.24, 2.45) is 0 Å². The summed E-state index contributed by atoms with van der Waals surface area (Å²) in [6.07, 6.45) is 5.31. The highest BCUT2D eigenvalue weighted by molar-refractivity contribution is 5.96. The summed E-state index contributed by atoms with van der Waals surface area (Å²) in [6.45, 7) is 3.79. The van der Waals surface area contributed by atoms with E-state index in [1.54, 1.807) is 16.9 Å². The van der Waals surface area contributed by atoms with Crippen LogP contribution in [-0.4, -0.2) is 34.9 Å². The van der Waals surface area contributed by atoms with Gasteiger partial charge in [-0.05, 0) is 19.9 Å². The highest BCUT2D eigenvalue weighted by atomic mass is 16.5. The van der Waals surface area contributed by atoms with E-state index in [0.29, 0.717) is 22.9 Å². The fraction of sp³-hybridized carbons (Fsp3) is 0.0833. The van der Waals surface area contributed by atoms with Crippen molar-refractivity contribution >= 4 is 16.4 Å². The zero-order valence-electron chi connectivity index (χ0n) is 17.4. The van der Waals surface area contributed by atoms with E-state index in [1.807, 2.05) is 68.6 Å². The van der Waals surface area contributed by atoms with Gasteiger partial charge in [-0.15, -0.1) is 10.2 Å². The molecule has 2 aromatic carbocycles. The van der Waals surface area contributed by atoms with E-state index < -0.39 is 0 Å². The summed E-state index contributed by atoms with van der Waals surface area (Å²) in [4.78, 5) is 8.85. The Morgan fingerprint density at radius 2 is 1.75 bits per heavy atom. The van der Waals surface area contributed by atoms with E-state index in [-0.39, 0.29) is 0 Å². The lowest BCUT2D eigenvalue weighted by Crippen LogP contribution is -1.97. The van der Waals surface area contributed by atoms with Gasteiger partial charge in [0.05, 0.1) is 29.3 Å². The Labute approximate surface area is 182 Å². The molecule has 0 aliphatic rings. The van der Waals surface area contributed by atoms with Crippen LogP contribution >= 0.6 is 0 Å². The van der Waals surface area contributed by atoms with Gasteiger partial charge in [0.1, 0.15) is 11.5 Å². The minimum Gasteiger partial charge on any atom is -0.360 e. The monoisotopic (exact) mass is 419 g/mol. The third-order valence-corrected chi connectivity index (χ3v) is 5.43. The molecule has 32 heavy (non-hydrogen) atoms. The second-order valence-electron chi connectivity index (χ2n) is 7.58. The fourth-order valence-electron chi connectivity index (χ4n) is 3.89. The van der Waals surface area contributed by atoms with E-state index in [4.69, 9.17) is 4.52 Å². The second kappa shape index (κ2) is 7.05. The van der Waals surface area contributed by atoms with Gasteiger partial charge < -0.3 is 4.52 Å². The maximum atomic E-state index is 5.52. The molecule has 0 fully saturated rings.